The molecule has 1 aliphatic rings. The number of aliphatic hydroxyl groups is 1. The summed E-state index contributed by atoms with van der Waals surface area (Å²) in [4.78, 5) is 12.1. The molecule has 1 fully saturated rings. The van der Waals surface area contributed by atoms with E-state index in [2.05, 4.69) is 21.2 Å². The largest absolute Gasteiger partial charge is 0.391 e. The summed E-state index contributed by atoms with van der Waals surface area (Å²) in [5, 5.41) is 13.3. The smallest absolute Gasteiger partial charge is 0.252 e. The van der Waals surface area contributed by atoms with Gasteiger partial charge in [-0.25, -0.2) is 0 Å². The number of halogens is 2. The Kier molecular flexibility index (Phi) is 4.65. The Morgan fingerprint density at radius 3 is 2.78 bits per heavy atom. The van der Waals surface area contributed by atoms with Crippen LogP contribution in [0.5, 0.6) is 0 Å². The van der Waals surface area contributed by atoms with Crippen molar-refractivity contribution in [3.05, 3.63) is 33.3 Å². The monoisotopic (exact) mass is 331 g/mol. The van der Waals surface area contributed by atoms with Gasteiger partial charge >= 0.3 is 0 Å². The zero-order valence-corrected chi connectivity index (χ0v) is 12.2. The molecule has 1 aromatic rings. The van der Waals surface area contributed by atoms with E-state index in [4.69, 9.17) is 11.6 Å². The number of benzene rings is 1. The van der Waals surface area contributed by atoms with E-state index in [0.29, 0.717) is 15.1 Å². The molecular weight excluding hydrogens is 318 g/mol. The van der Waals surface area contributed by atoms with Crippen LogP contribution in [0.2, 0.25) is 5.02 Å². The minimum atomic E-state index is -0.436. The Labute approximate surface area is 120 Å². The van der Waals surface area contributed by atoms with Gasteiger partial charge in [0.15, 0.2) is 0 Å². The fraction of sp³-hybridized carbons (Fsp3) is 0.462. The van der Waals surface area contributed by atoms with Crippen molar-refractivity contribution in [2.75, 3.05) is 0 Å². The maximum atomic E-state index is 12.1. The fourth-order valence-corrected chi connectivity index (χ4v) is 3.06. The van der Waals surface area contributed by atoms with Crippen molar-refractivity contribution in [2.24, 2.45) is 0 Å². The normalized spacial score (nSPS) is 23.7. The third kappa shape index (κ3) is 3.25. The van der Waals surface area contributed by atoms with Crippen molar-refractivity contribution in [3.63, 3.8) is 0 Å². The number of amides is 1. The molecule has 0 radical (unpaired) electrons. The van der Waals surface area contributed by atoms with Gasteiger partial charge in [0.05, 0.1) is 17.7 Å². The van der Waals surface area contributed by atoms with Crippen molar-refractivity contribution < 1.29 is 9.90 Å². The molecule has 1 aromatic carbocycles. The fourth-order valence-electron chi connectivity index (χ4n) is 2.20. The van der Waals surface area contributed by atoms with E-state index in [1.54, 1.807) is 18.2 Å². The molecule has 0 heterocycles. The van der Waals surface area contributed by atoms with Crippen LogP contribution in [0.25, 0.3) is 0 Å². The Balaban J connectivity index is 2.07. The second-order valence-electron chi connectivity index (χ2n) is 4.56. The number of hydrogen-bond acceptors (Lipinski definition) is 2. The summed E-state index contributed by atoms with van der Waals surface area (Å²) < 4.78 is 0.665. The van der Waals surface area contributed by atoms with Crippen molar-refractivity contribution in [3.8, 4) is 0 Å². The Morgan fingerprint density at radius 1 is 1.39 bits per heavy atom. The van der Waals surface area contributed by atoms with Crippen molar-refractivity contribution >= 4 is 33.4 Å². The van der Waals surface area contributed by atoms with Gasteiger partial charge in [-0.3, -0.25) is 4.79 Å². The summed E-state index contributed by atoms with van der Waals surface area (Å²) in [6.07, 6.45) is 3.22. The Bertz CT molecular complexity index is 453. The molecule has 18 heavy (non-hydrogen) atoms. The highest BCUT2D eigenvalue weighted by molar-refractivity contribution is 9.10. The van der Waals surface area contributed by atoms with Gasteiger partial charge in [0.1, 0.15) is 0 Å². The first kappa shape index (κ1) is 13.8. The zero-order valence-electron chi connectivity index (χ0n) is 9.83. The van der Waals surface area contributed by atoms with E-state index in [0.717, 1.165) is 25.7 Å². The van der Waals surface area contributed by atoms with Crippen LogP contribution in [0.15, 0.2) is 22.7 Å². The van der Waals surface area contributed by atoms with E-state index < -0.39 is 6.10 Å². The average Bonchev–Trinajstić information content (AvgIpc) is 2.32. The molecule has 1 saturated carbocycles. The third-order valence-electron chi connectivity index (χ3n) is 3.22. The van der Waals surface area contributed by atoms with Gasteiger partial charge in [-0.1, -0.05) is 24.4 Å². The Hall–Kier alpha value is -0.580. The van der Waals surface area contributed by atoms with Crippen LogP contribution in [0.3, 0.4) is 0 Å². The number of carbonyl (C=O) groups is 1. The average molecular weight is 333 g/mol. The Morgan fingerprint density at radius 2 is 2.11 bits per heavy atom. The summed E-state index contributed by atoms with van der Waals surface area (Å²) in [6, 6.07) is 4.90. The second kappa shape index (κ2) is 6.04. The lowest BCUT2D eigenvalue weighted by Gasteiger charge is -2.28. The zero-order chi connectivity index (χ0) is 13.1. The highest BCUT2D eigenvalue weighted by Crippen LogP contribution is 2.23. The summed E-state index contributed by atoms with van der Waals surface area (Å²) >= 11 is 9.15. The molecule has 1 aliphatic carbocycles. The number of carbonyl (C=O) groups excluding carboxylic acids is 1. The number of nitrogens with one attached hydrogen (secondary N) is 1. The van der Waals surface area contributed by atoms with Crippen molar-refractivity contribution in [2.45, 2.75) is 37.8 Å². The highest BCUT2D eigenvalue weighted by Gasteiger charge is 2.25. The molecule has 2 atom stereocenters. The topological polar surface area (TPSA) is 49.3 Å². The number of hydrogen-bond donors (Lipinski definition) is 2. The van der Waals surface area contributed by atoms with Crippen LogP contribution in [0.4, 0.5) is 0 Å². The highest BCUT2D eigenvalue weighted by atomic mass is 79.9. The maximum Gasteiger partial charge on any atom is 0.252 e. The van der Waals surface area contributed by atoms with Gasteiger partial charge < -0.3 is 10.4 Å². The van der Waals surface area contributed by atoms with Gasteiger partial charge in [0, 0.05) is 9.50 Å². The summed E-state index contributed by atoms with van der Waals surface area (Å²) in [5.41, 5.74) is 0.539. The molecule has 0 spiro atoms. The summed E-state index contributed by atoms with van der Waals surface area (Å²) in [5.74, 6) is -0.176. The quantitative estimate of drug-likeness (QED) is 0.874. The molecule has 2 rings (SSSR count). The minimum absolute atomic E-state index is 0.145. The summed E-state index contributed by atoms with van der Waals surface area (Å²) in [6.45, 7) is 0. The first-order valence-corrected chi connectivity index (χ1v) is 7.19. The van der Waals surface area contributed by atoms with Crippen LogP contribution in [0.1, 0.15) is 36.0 Å². The van der Waals surface area contributed by atoms with Crippen LogP contribution < -0.4 is 5.32 Å². The molecular formula is C13H15BrClNO2. The van der Waals surface area contributed by atoms with Crippen LogP contribution in [-0.4, -0.2) is 23.2 Å². The molecule has 1 amide bonds. The minimum Gasteiger partial charge on any atom is -0.391 e. The lowest BCUT2D eigenvalue weighted by atomic mass is 9.92. The van der Waals surface area contributed by atoms with Crippen LogP contribution in [-0.2, 0) is 0 Å². The molecule has 3 nitrogen and oxygen atoms in total. The van der Waals surface area contributed by atoms with Gasteiger partial charge in [-0.15, -0.1) is 0 Å². The molecule has 0 bridgehead atoms. The van der Waals surface area contributed by atoms with Gasteiger partial charge in [0.2, 0.25) is 0 Å². The first-order valence-electron chi connectivity index (χ1n) is 6.02. The van der Waals surface area contributed by atoms with E-state index in [1.165, 1.54) is 0 Å². The SMILES string of the molecule is O=C(N[C@H]1CCCC[C@@H]1O)c1ccc(Cl)cc1Br. The third-order valence-corrected chi connectivity index (χ3v) is 4.11. The summed E-state index contributed by atoms with van der Waals surface area (Å²) in [7, 11) is 0. The molecule has 5 heteroatoms. The van der Waals surface area contributed by atoms with Crippen LogP contribution >= 0.6 is 27.5 Å². The van der Waals surface area contributed by atoms with E-state index in [1.807, 2.05) is 0 Å². The van der Waals surface area contributed by atoms with E-state index >= 15 is 0 Å². The van der Waals surface area contributed by atoms with Gasteiger partial charge in [-0.2, -0.15) is 0 Å². The lowest BCUT2D eigenvalue weighted by Crippen LogP contribution is -2.45. The van der Waals surface area contributed by atoms with E-state index in [9.17, 15) is 9.90 Å². The van der Waals surface area contributed by atoms with Crippen molar-refractivity contribution in [1.29, 1.82) is 0 Å². The van der Waals surface area contributed by atoms with Gasteiger partial charge in [0.25, 0.3) is 5.91 Å². The van der Waals surface area contributed by atoms with Crippen molar-refractivity contribution in [1.82, 2.24) is 5.32 Å². The molecule has 98 valence electrons. The number of aliphatic hydroxyl groups excluding tert-OH is 1. The predicted octanol–water partition coefficient (Wildman–Crippen LogP) is 3.14. The molecule has 0 unspecified atom stereocenters. The lowest BCUT2D eigenvalue weighted by molar-refractivity contribution is 0.0717. The first-order chi connectivity index (χ1) is 8.58. The van der Waals surface area contributed by atoms with Crippen LogP contribution in [0, 0.1) is 0 Å². The maximum absolute atomic E-state index is 12.1. The molecule has 0 aromatic heterocycles. The van der Waals surface area contributed by atoms with E-state index in [-0.39, 0.29) is 11.9 Å². The molecule has 0 aliphatic heterocycles. The van der Waals surface area contributed by atoms with Gasteiger partial charge in [-0.05, 0) is 47.0 Å². The number of rotatable bonds is 2. The standard InChI is InChI=1S/C13H15BrClNO2/c14-10-7-8(15)5-6-9(10)13(18)16-11-3-1-2-4-12(11)17/h5-7,11-12,17H,1-4H2,(H,16,18)/t11-,12-/m0/s1. The second-order valence-corrected chi connectivity index (χ2v) is 5.85. The molecule has 0 saturated heterocycles. The predicted molar refractivity (Wildman–Crippen MR) is 74.9 cm³/mol. The molecule has 2 N–H and O–H groups in total.